The van der Waals surface area contributed by atoms with Crippen LogP contribution < -0.4 is 0 Å². The summed E-state index contributed by atoms with van der Waals surface area (Å²) in [7, 11) is 0. The van der Waals surface area contributed by atoms with Crippen molar-refractivity contribution in [3.05, 3.63) is 59.2 Å². The summed E-state index contributed by atoms with van der Waals surface area (Å²) in [5.74, 6) is -2.06. The summed E-state index contributed by atoms with van der Waals surface area (Å²) in [6.45, 7) is 1.58. The molecule has 0 heterocycles. The molecule has 1 aromatic rings. The molecule has 0 radical (unpaired) electrons. The molecule has 2 N–H and O–H groups in total. The van der Waals surface area contributed by atoms with Crippen LogP contribution in [0.4, 0.5) is 0 Å². The lowest BCUT2D eigenvalue weighted by atomic mass is 9.71. The third-order valence-electron chi connectivity index (χ3n) is 3.72. The highest BCUT2D eigenvalue weighted by molar-refractivity contribution is 5.90. The lowest BCUT2D eigenvalue weighted by Crippen LogP contribution is -2.34. The van der Waals surface area contributed by atoms with E-state index in [4.69, 9.17) is 5.11 Å². The normalized spacial score (nSPS) is 21.9. The minimum atomic E-state index is -1.17. The maximum Gasteiger partial charge on any atom is 0.331 e. The van der Waals surface area contributed by atoms with Crippen molar-refractivity contribution in [2.75, 3.05) is 0 Å². The van der Waals surface area contributed by atoms with E-state index in [1.165, 1.54) is 6.08 Å². The van der Waals surface area contributed by atoms with Crippen molar-refractivity contribution in [3.8, 4) is 0 Å². The molecule has 2 rings (SSSR count). The van der Waals surface area contributed by atoms with E-state index in [-0.39, 0.29) is 12.0 Å². The number of allylic oxidation sites excluding steroid dienone is 2. The molecule has 0 fully saturated rings. The number of carbonyl (C=O) groups is 2. The molecular weight excluding hydrogens is 256 g/mol. The van der Waals surface area contributed by atoms with Gasteiger partial charge >= 0.3 is 11.9 Å². The second-order valence-electron chi connectivity index (χ2n) is 5.17. The fourth-order valence-electron chi connectivity index (χ4n) is 2.37. The van der Waals surface area contributed by atoms with Crippen molar-refractivity contribution in [1.82, 2.24) is 0 Å². The first-order valence-corrected chi connectivity index (χ1v) is 6.34. The molecule has 1 aromatic carbocycles. The van der Waals surface area contributed by atoms with Gasteiger partial charge < -0.3 is 10.2 Å². The summed E-state index contributed by atoms with van der Waals surface area (Å²) in [4.78, 5) is 22.6. The van der Waals surface area contributed by atoms with Crippen LogP contribution in [0.5, 0.6) is 0 Å². The molecule has 0 bridgehead atoms. The highest BCUT2D eigenvalue weighted by Crippen LogP contribution is 2.39. The standard InChI is InChI=1S/C16H16O4/c1-16(15(19)20)10-12(14(17)18)7-8-13(16)9-11-5-3-2-4-6-11/h2-8H,9-10H2,1H3,(H,17,18)(H,19,20). The first-order valence-electron chi connectivity index (χ1n) is 6.34. The van der Waals surface area contributed by atoms with E-state index < -0.39 is 17.4 Å². The SMILES string of the molecule is CC1(C(=O)O)CC(C(=O)O)=CC=C1Cc1ccccc1. The van der Waals surface area contributed by atoms with Crippen LogP contribution in [-0.2, 0) is 16.0 Å². The zero-order valence-corrected chi connectivity index (χ0v) is 11.2. The van der Waals surface area contributed by atoms with Crippen molar-refractivity contribution < 1.29 is 19.8 Å². The quantitative estimate of drug-likeness (QED) is 0.883. The molecule has 0 spiro atoms. The van der Waals surface area contributed by atoms with Crippen molar-refractivity contribution in [1.29, 1.82) is 0 Å². The predicted octanol–water partition coefficient (Wildman–Crippen LogP) is 2.66. The van der Waals surface area contributed by atoms with Crippen LogP contribution >= 0.6 is 0 Å². The molecule has 0 saturated carbocycles. The molecule has 4 nitrogen and oxygen atoms in total. The summed E-state index contributed by atoms with van der Waals surface area (Å²) < 4.78 is 0. The average molecular weight is 272 g/mol. The minimum absolute atomic E-state index is 0.0103. The van der Waals surface area contributed by atoms with Crippen LogP contribution in [-0.4, -0.2) is 22.2 Å². The summed E-state index contributed by atoms with van der Waals surface area (Å²) in [5, 5.41) is 18.5. The zero-order chi connectivity index (χ0) is 14.8. The lowest BCUT2D eigenvalue weighted by molar-refractivity contribution is -0.146. The van der Waals surface area contributed by atoms with Crippen molar-refractivity contribution in [2.24, 2.45) is 5.41 Å². The van der Waals surface area contributed by atoms with E-state index in [9.17, 15) is 14.7 Å². The third kappa shape index (κ3) is 2.64. The fraction of sp³-hybridized carbons (Fsp3) is 0.250. The van der Waals surface area contributed by atoms with Gasteiger partial charge in [-0.25, -0.2) is 4.79 Å². The molecule has 20 heavy (non-hydrogen) atoms. The Morgan fingerprint density at radius 3 is 2.35 bits per heavy atom. The van der Waals surface area contributed by atoms with Gasteiger partial charge in [0.05, 0.1) is 5.41 Å². The van der Waals surface area contributed by atoms with Gasteiger partial charge in [0.25, 0.3) is 0 Å². The highest BCUT2D eigenvalue weighted by atomic mass is 16.4. The number of carboxylic acids is 2. The first-order chi connectivity index (χ1) is 9.43. The minimum Gasteiger partial charge on any atom is -0.481 e. The number of rotatable bonds is 4. The van der Waals surface area contributed by atoms with Gasteiger partial charge in [0.15, 0.2) is 0 Å². The van der Waals surface area contributed by atoms with E-state index in [0.717, 1.165) is 11.1 Å². The van der Waals surface area contributed by atoms with Gasteiger partial charge in [0, 0.05) is 5.57 Å². The van der Waals surface area contributed by atoms with Crippen LogP contribution in [0.3, 0.4) is 0 Å². The summed E-state index contributed by atoms with van der Waals surface area (Å²) >= 11 is 0. The van der Waals surface area contributed by atoms with Crippen LogP contribution in [0.1, 0.15) is 18.9 Å². The van der Waals surface area contributed by atoms with Crippen LogP contribution in [0.15, 0.2) is 53.6 Å². The van der Waals surface area contributed by atoms with E-state index >= 15 is 0 Å². The molecule has 1 aliphatic rings. The number of benzene rings is 1. The molecule has 0 aliphatic heterocycles. The first kappa shape index (κ1) is 14.1. The molecular formula is C16H16O4. The summed E-state index contributed by atoms with van der Waals surface area (Å²) in [6, 6.07) is 9.56. The molecule has 0 amide bonds. The predicted molar refractivity (Wildman–Crippen MR) is 74.3 cm³/mol. The molecule has 1 atom stereocenters. The lowest BCUT2D eigenvalue weighted by Gasteiger charge is -2.31. The monoisotopic (exact) mass is 272 g/mol. The van der Waals surface area contributed by atoms with Gasteiger partial charge in [-0.3, -0.25) is 4.79 Å². The van der Waals surface area contributed by atoms with E-state index in [1.807, 2.05) is 30.3 Å². The molecule has 104 valence electrons. The van der Waals surface area contributed by atoms with E-state index in [1.54, 1.807) is 13.0 Å². The second kappa shape index (κ2) is 5.33. The van der Waals surface area contributed by atoms with Crippen molar-refractivity contribution in [3.63, 3.8) is 0 Å². The topological polar surface area (TPSA) is 74.6 Å². The van der Waals surface area contributed by atoms with Gasteiger partial charge in [0.1, 0.15) is 0 Å². The highest BCUT2D eigenvalue weighted by Gasteiger charge is 2.40. The third-order valence-corrected chi connectivity index (χ3v) is 3.72. The van der Waals surface area contributed by atoms with Crippen molar-refractivity contribution in [2.45, 2.75) is 19.8 Å². The molecule has 1 unspecified atom stereocenters. The van der Waals surface area contributed by atoms with Crippen LogP contribution in [0.25, 0.3) is 0 Å². The van der Waals surface area contributed by atoms with Gasteiger partial charge in [-0.05, 0) is 30.9 Å². The number of hydrogen-bond donors (Lipinski definition) is 2. The largest absolute Gasteiger partial charge is 0.481 e. The average Bonchev–Trinajstić information content (AvgIpc) is 2.42. The van der Waals surface area contributed by atoms with Crippen molar-refractivity contribution >= 4 is 11.9 Å². The van der Waals surface area contributed by atoms with Gasteiger partial charge in [-0.2, -0.15) is 0 Å². The Balaban J connectivity index is 2.37. The number of carboxylic acid groups (broad SMARTS) is 2. The van der Waals surface area contributed by atoms with E-state index in [2.05, 4.69) is 0 Å². The molecule has 0 saturated heterocycles. The summed E-state index contributed by atoms with van der Waals surface area (Å²) in [5.41, 5.74) is 0.699. The Morgan fingerprint density at radius 1 is 1.15 bits per heavy atom. The van der Waals surface area contributed by atoms with Gasteiger partial charge in [-0.15, -0.1) is 0 Å². The Hall–Kier alpha value is -2.36. The molecule has 0 aromatic heterocycles. The Kier molecular flexibility index (Phi) is 3.74. The van der Waals surface area contributed by atoms with Crippen LogP contribution in [0.2, 0.25) is 0 Å². The second-order valence-corrected chi connectivity index (χ2v) is 5.17. The fourth-order valence-corrected chi connectivity index (χ4v) is 2.37. The smallest absolute Gasteiger partial charge is 0.331 e. The summed E-state index contributed by atoms with van der Waals surface area (Å²) in [6.07, 6.45) is 3.66. The molecule has 1 aliphatic carbocycles. The number of hydrogen-bond acceptors (Lipinski definition) is 2. The van der Waals surface area contributed by atoms with E-state index in [0.29, 0.717) is 6.42 Å². The Morgan fingerprint density at radius 2 is 1.80 bits per heavy atom. The Labute approximate surface area is 117 Å². The maximum absolute atomic E-state index is 11.6. The van der Waals surface area contributed by atoms with Gasteiger partial charge in [-0.1, -0.05) is 42.5 Å². The number of aliphatic carboxylic acids is 2. The molecule has 4 heteroatoms. The van der Waals surface area contributed by atoms with Crippen LogP contribution in [0, 0.1) is 5.41 Å². The van der Waals surface area contributed by atoms with Gasteiger partial charge in [0.2, 0.25) is 0 Å². The Bertz CT molecular complexity index is 598. The maximum atomic E-state index is 11.6. The zero-order valence-electron chi connectivity index (χ0n) is 11.2.